The second-order valence-corrected chi connectivity index (χ2v) is 6.26. The van der Waals surface area contributed by atoms with Gasteiger partial charge in [0, 0.05) is 12.3 Å². The molecule has 0 saturated carbocycles. The Hall–Kier alpha value is -2.27. The van der Waals surface area contributed by atoms with Crippen molar-refractivity contribution in [3.05, 3.63) is 71.3 Å². The van der Waals surface area contributed by atoms with Gasteiger partial charge in [0.2, 0.25) is 5.91 Å². The van der Waals surface area contributed by atoms with Gasteiger partial charge in [0.15, 0.2) is 0 Å². The van der Waals surface area contributed by atoms with Crippen LogP contribution in [0.25, 0.3) is 0 Å². The van der Waals surface area contributed by atoms with Crippen LogP contribution < -0.4 is 5.32 Å². The number of carbonyl (C=O) groups excluding carboxylic acids is 2. The van der Waals surface area contributed by atoms with Gasteiger partial charge in [0.25, 0.3) is 0 Å². The lowest BCUT2D eigenvalue weighted by atomic mass is 10.1. The summed E-state index contributed by atoms with van der Waals surface area (Å²) >= 11 is 1.52. The molecule has 126 valence electrons. The van der Waals surface area contributed by atoms with Crippen LogP contribution in [-0.4, -0.2) is 31.3 Å². The van der Waals surface area contributed by atoms with E-state index >= 15 is 0 Å². The Labute approximate surface area is 146 Å². The molecular formula is C19H21NO3S. The average molecular weight is 343 g/mol. The van der Waals surface area contributed by atoms with E-state index in [-0.39, 0.29) is 11.9 Å². The summed E-state index contributed by atoms with van der Waals surface area (Å²) in [6.07, 6.45) is 0.832. The molecule has 0 aliphatic rings. The van der Waals surface area contributed by atoms with Crippen molar-refractivity contribution in [1.82, 2.24) is 5.32 Å². The number of hydrogen-bond donors (Lipinski definition) is 1. The van der Waals surface area contributed by atoms with Crippen molar-refractivity contribution >= 4 is 23.6 Å². The Morgan fingerprint density at radius 3 is 2.54 bits per heavy atom. The number of benzene rings is 2. The lowest BCUT2D eigenvalue weighted by Gasteiger charge is -2.06. The molecule has 2 aromatic rings. The van der Waals surface area contributed by atoms with Gasteiger partial charge in [-0.2, -0.15) is 0 Å². The summed E-state index contributed by atoms with van der Waals surface area (Å²) in [5.41, 5.74) is 2.74. The van der Waals surface area contributed by atoms with E-state index < -0.39 is 0 Å². The number of amides is 1. The number of carbonyl (C=O) groups is 2. The number of methoxy groups -OCH3 is 1. The normalized spacial score (nSPS) is 10.2. The highest BCUT2D eigenvalue weighted by Gasteiger charge is 2.06. The molecular weight excluding hydrogens is 322 g/mol. The molecule has 0 atom stereocenters. The third-order valence-corrected chi connectivity index (χ3v) is 4.43. The Balaban J connectivity index is 1.68. The Morgan fingerprint density at radius 1 is 1.04 bits per heavy atom. The van der Waals surface area contributed by atoms with Gasteiger partial charge in [-0.3, -0.25) is 4.79 Å². The van der Waals surface area contributed by atoms with Gasteiger partial charge in [0.05, 0.1) is 18.4 Å². The summed E-state index contributed by atoms with van der Waals surface area (Å²) in [4.78, 5) is 23.3. The molecule has 4 nitrogen and oxygen atoms in total. The van der Waals surface area contributed by atoms with Gasteiger partial charge in [-0.25, -0.2) is 4.79 Å². The van der Waals surface area contributed by atoms with Crippen LogP contribution in [0.1, 0.15) is 21.5 Å². The molecule has 24 heavy (non-hydrogen) atoms. The molecule has 2 rings (SSSR count). The summed E-state index contributed by atoms with van der Waals surface area (Å²) in [7, 11) is 1.36. The molecule has 0 saturated heterocycles. The zero-order valence-corrected chi connectivity index (χ0v) is 14.5. The van der Waals surface area contributed by atoms with Crippen LogP contribution >= 0.6 is 11.8 Å². The van der Waals surface area contributed by atoms with Gasteiger partial charge in [-0.05, 0) is 29.7 Å². The second kappa shape index (κ2) is 9.78. The van der Waals surface area contributed by atoms with Crippen LogP contribution in [0.4, 0.5) is 0 Å². The van der Waals surface area contributed by atoms with Crippen molar-refractivity contribution in [3.63, 3.8) is 0 Å². The summed E-state index contributed by atoms with van der Waals surface area (Å²) in [6.45, 7) is 0.640. The van der Waals surface area contributed by atoms with Gasteiger partial charge in [-0.15, -0.1) is 11.8 Å². The van der Waals surface area contributed by atoms with Gasteiger partial charge in [-0.1, -0.05) is 42.5 Å². The van der Waals surface area contributed by atoms with Crippen LogP contribution in [0.15, 0.2) is 54.6 Å². The van der Waals surface area contributed by atoms with Crippen molar-refractivity contribution in [1.29, 1.82) is 0 Å². The van der Waals surface area contributed by atoms with Crippen molar-refractivity contribution in [3.8, 4) is 0 Å². The van der Waals surface area contributed by atoms with E-state index in [1.165, 1.54) is 24.4 Å². The maximum Gasteiger partial charge on any atom is 0.337 e. The largest absolute Gasteiger partial charge is 0.465 e. The third-order valence-electron chi connectivity index (χ3n) is 3.43. The maximum atomic E-state index is 11.8. The number of thioether (sulfide) groups is 1. The lowest BCUT2D eigenvalue weighted by Crippen LogP contribution is -2.27. The molecule has 0 aliphatic carbocycles. The zero-order chi connectivity index (χ0) is 17.2. The van der Waals surface area contributed by atoms with Crippen molar-refractivity contribution in [2.45, 2.75) is 12.2 Å². The van der Waals surface area contributed by atoms with Crippen LogP contribution in [0, 0.1) is 0 Å². The highest BCUT2D eigenvalue weighted by atomic mass is 32.2. The molecule has 0 spiro atoms. The Morgan fingerprint density at radius 2 is 1.79 bits per heavy atom. The smallest absolute Gasteiger partial charge is 0.337 e. The number of rotatable bonds is 8. The van der Waals surface area contributed by atoms with Gasteiger partial charge < -0.3 is 10.1 Å². The van der Waals surface area contributed by atoms with Crippen LogP contribution in [0.5, 0.6) is 0 Å². The minimum absolute atomic E-state index is 0.0278. The third kappa shape index (κ3) is 6.08. The topological polar surface area (TPSA) is 55.4 Å². The number of esters is 1. The fourth-order valence-corrected chi connectivity index (χ4v) is 3.01. The Bertz CT molecular complexity index is 673. The van der Waals surface area contributed by atoms with Gasteiger partial charge >= 0.3 is 5.97 Å². The summed E-state index contributed by atoms with van der Waals surface area (Å²) < 4.78 is 4.70. The highest BCUT2D eigenvalue weighted by molar-refractivity contribution is 7.99. The standard InChI is InChI=1S/C19H21NO3S/c1-23-19(22)17-9-5-8-16(12-17)13-24-14-18(21)20-11-10-15-6-3-2-4-7-15/h2-9,12H,10-11,13-14H2,1H3,(H,20,21). The molecule has 0 bridgehead atoms. The predicted octanol–water partition coefficient (Wildman–Crippen LogP) is 3.07. The fourth-order valence-electron chi connectivity index (χ4n) is 2.21. The number of nitrogens with one attached hydrogen (secondary N) is 1. The minimum atomic E-state index is -0.347. The van der Waals surface area contributed by atoms with Gasteiger partial charge in [0.1, 0.15) is 0 Å². The molecule has 0 fully saturated rings. The quantitative estimate of drug-likeness (QED) is 0.749. The van der Waals surface area contributed by atoms with Crippen LogP contribution in [0.2, 0.25) is 0 Å². The summed E-state index contributed by atoms with van der Waals surface area (Å²) in [6, 6.07) is 17.3. The molecule has 0 radical (unpaired) electrons. The summed E-state index contributed by atoms with van der Waals surface area (Å²) in [5, 5.41) is 2.92. The summed E-state index contributed by atoms with van der Waals surface area (Å²) in [5.74, 6) is 0.759. The van der Waals surface area contributed by atoms with Crippen molar-refractivity contribution in [2.75, 3.05) is 19.4 Å². The Kier molecular flexibility index (Phi) is 7.36. The van der Waals surface area contributed by atoms with E-state index in [0.29, 0.717) is 23.6 Å². The molecule has 1 N–H and O–H groups in total. The fraction of sp³-hybridized carbons (Fsp3) is 0.263. The van der Waals surface area contributed by atoms with E-state index in [0.717, 1.165) is 12.0 Å². The maximum absolute atomic E-state index is 11.8. The molecule has 0 aliphatic heterocycles. The van der Waals surface area contributed by atoms with E-state index in [1.807, 2.05) is 30.3 Å². The lowest BCUT2D eigenvalue weighted by molar-refractivity contribution is -0.118. The molecule has 0 aromatic heterocycles. The molecule has 0 unspecified atom stereocenters. The first-order valence-electron chi connectivity index (χ1n) is 7.74. The van der Waals surface area contributed by atoms with E-state index in [9.17, 15) is 9.59 Å². The van der Waals surface area contributed by atoms with Crippen LogP contribution in [0.3, 0.4) is 0 Å². The van der Waals surface area contributed by atoms with E-state index in [4.69, 9.17) is 4.74 Å². The average Bonchev–Trinajstić information content (AvgIpc) is 2.62. The molecule has 0 heterocycles. The first-order chi connectivity index (χ1) is 11.7. The second-order valence-electron chi connectivity index (χ2n) is 5.27. The number of hydrogen-bond acceptors (Lipinski definition) is 4. The van der Waals surface area contributed by atoms with E-state index in [1.54, 1.807) is 12.1 Å². The highest BCUT2D eigenvalue weighted by Crippen LogP contribution is 2.14. The SMILES string of the molecule is COC(=O)c1cccc(CSCC(=O)NCCc2ccccc2)c1. The minimum Gasteiger partial charge on any atom is -0.465 e. The molecule has 2 aromatic carbocycles. The molecule has 1 amide bonds. The molecule has 5 heteroatoms. The zero-order valence-electron chi connectivity index (χ0n) is 13.7. The first kappa shape index (κ1) is 18.1. The monoisotopic (exact) mass is 343 g/mol. The predicted molar refractivity (Wildman–Crippen MR) is 97.1 cm³/mol. The van der Waals surface area contributed by atoms with E-state index in [2.05, 4.69) is 17.4 Å². The van der Waals surface area contributed by atoms with Crippen LogP contribution in [-0.2, 0) is 21.7 Å². The number of ether oxygens (including phenoxy) is 1. The van der Waals surface area contributed by atoms with Crippen molar-refractivity contribution in [2.24, 2.45) is 0 Å². The van der Waals surface area contributed by atoms with Crippen molar-refractivity contribution < 1.29 is 14.3 Å². The first-order valence-corrected chi connectivity index (χ1v) is 8.90.